The Balaban J connectivity index is 1.41. The maximum atomic E-state index is 12.3. The van der Waals surface area contributed by atoms with Crippen LogP contribution in [0.15, 0.2) is 42.5 Å². The SMILES string of the molecule is O=C(CNc1ccccc1C(=O)NC1CC1)Nc1cccc2nsnc12. The number of amides is 2. The molecule has 0 saturated heterocycles. The molecule has 0 unspecified atom stereocenters. The van der Waals surface area contributed by atoms with Gasteiger partial charge in [-0.1, -0.05) is 18.2 Å². The topological polar surface area (TPSA) is 96.0 Å². The lowest BCUT2D eigenvalue weighted by molar-refractivity contribution is -0.114. The molecule has 1 aliphatic rings. The summed E-state index contributed by atoms with van der Waals surface area (Å²) in [6.07, 6.45) is 2.06. The fourth-order valence-electron chi connectivity index (χ4n) is 2.60. The Hall–Kier alpha value is -3.00. The van der Waals surface area contributed by atoms with E-state index in [2.05, 4.69) is 24.7 Å². The molecule has 1 aliphatic carbocycles. The van der Waals surface area contributed by atoms with Gasteiger partial charge in [0, 0.05) is 11.7 Å². The molecule has 3 aromatic rings. The second-order valence-corrected chi connectivity index (χ2v) is 6.66. The van der Waals surface area contributed by atoms with Crippen molar-refractivity contribution in [3.05, 3.63) is 48.0 Å². The second-order valence-electron chi connectivity index (χ2n) is 6.13. The fraction of sp³-hybridized carbons (Fsp3) is 0.222. The quantitative estimate of drug-likeness (QED) is 0.622. The van der Waals surface area contributed by atoms with Gasteiger partial charge in [0.15, 0.2) is 0 Å². The molecule has 0 radical (unpaired) electrons. The lowest BCUT2D eigenvalue weighted by Crippen LogP contribution is -2.27. The molecule has 4 rings (SSSR count). The average Bonchev–Trinajstić information content (AvgIpc) is 3.32. The zero-order valence-electron chi connectivity index (χ0n) is 13.9. The third-order valence-corrected chi connectivity index (χ3v) is 4.63. The average molecular weight is 367 g/mol. The molecule has 7 nitrogen and oxygen atoms in total. The van der Waals surface area contributed by atoms with Crippen LogP contribution in [0.4, 0.5) is 11.4 Å². The molecule has 2 amide bonds. The summed E-state index contributed by atoms with van der Waals surface area (Å²) >= 11 is 1.11. The van der Waals surface area contributed by atoms with E-state index >= 15 is 0 Å². The van der Waals surface area contributed by atoms with Gasteiger partial charge < -0.3 is 16.0 Å². The summed E-state index contributed by atoms with van der Waals surface area (Å²) in [5, 5.41) is 8.84. The molecule has 2 aromatic carbocycles. The predicted octanol–water partition coefficient (Wildman–Crippen LogP) is 2.63. The molecular formula is C18H17N5O2S. The van der Waals surface area contributed by atoms with E-state index in [0.717, 1.165) is 30.1 Å². The Labute approximate surface area is 154 Å². The van der Waals surface area contributed by atoms with E-state index in [-0.39, 0.29) is 24.4 Å². The van der Waals surface area contributed by atoms with Crippen LogP contribution in [0.2, 0.25) is 0 Å². The lowest BCUT2D eigenvalue weighted by Gasteiger charge is -2.12. The molecule has 0 spiro atoms. The van der Waals surface area contributed by atoms with Gasteiger partial charge in [-0.05, 0) is 37.1 Å². The van der Waals surface area contributed by atoms with Crippen molar-refractivity contribution in [2.24, 2.45) is 0 Å². The van der Waals surface area contributed by atoms with E-state index in [4.69, 9.17) is 0 Å². The highest BCUT2D eigenvalue weighted by Gasteiger charge is 2.24. The zero-order chi connectivity index (χ0) is 17.9. The molecule has 1 aromatic heterocycles. The van der Waals surface area contributed by atoms with Gasteiger partial charge in [0.2, 0.25) is 5.91 Å². The number of anilines is 2. The first-order chi connectivity index (χ1) is 12.7. The highest BCUT2D eigenvalue weighted by atomic mass is 32.1. The van der Waals surface area contributed by atoms with E-state index in [1.165, 1.54) is 0 Å². The van der Waals surface area contributed by atoms with Gasteiger partial charge in [0.1, 0.15) is 11.0 Å². The summed E-state index contributed by atoms with van der Waals surface area (Å²) in [4.78, 5) is 24.6. The van der Waals surface area contributed by atoms with Crippen molar-refractivity contribution in [2.75, 3.05) is 17.2 Å². The highest BCUT2D eigenvalue weighted by Crippen LogP contribution is 2.22. The van der Waals surface area contributed by atoms with Crippen LogP contribution in [0.5, 0.6) is 0 Å². The van der Waals surface area contributed by atoms with Crippen molar-refractivity contribution >= 4 is 46.0 Å². The van der Waals surface area contributed by atoms with E-state index in [0.29, 0.717) is 22.5 Å². The molecule has 0 aliphatic heterocycles. The highest BCUT2D eigenvalue weighted by molar-refractivity contribution is 7.00. The molecule has 8 heteroatoms. The van der Waals surface area contributed by atoms with Gasteiger partial charge in [-0.2, -0.15) is 8.75 Å². The maximum absolute atomic E-state index is 12.3. The van der Waals surface area contributed by atoms with Crippen LogP contribution < -0.4 is 16.0 Å². The Morgan fingerprint density at radius 1 is 1.04 bits per heavy atom. The minimum Gasteiger partial charge on any atom is -0.376 e. The molecule has 26 heavy (non-hydrogen) atoms. The standard InChI is InChI=1S/C18H17N5O2S/c24-16(21-14-6-3-7-15-17(14)23-26-22-15)10-19-13-5-2-1-4-12(13)18(25)20-11-8-9-11/h1-7,11,19H,8-10H2,(H,20,25)(H,21,24). The third kappa shape index (κ3) is 3.65. The first kappa shape index (κ1) is 16.5. The summed E-state index contributed by atoms with van der Waals surface area (Å²) in [7, 11) is 0. The fourth-order valence-corrected chi connectivity index (χ4v) is 3.15. The Morgan fingerprint density at radius 3 is 2.69 bits per heavy atom. The summed E-state index contributed by atoms with van der Waals surface area (Å²) in [6.45, 7) is 0.0433. The monoisotopic (exact) mass is 367 g/mol. The Bertz CT molecular complexity index is 967. The molecule has 1 heterocycles. The van der Waals surface area contributed by atoms with Crippen LogP contribution in [0.1, 0.15) is 23.2 Å². The van der Waals surface area contributed by atoms with Gasteiger partial charge in [-0.25, -0.2) is 0 Å². The number of carbonyl (C=O) groups excluding carboxylic acids is 2. The number of rotatable bonds is 6. The number of hydrogen-bond donors (Lipinski definition) is 3. The number of para-hydroxylation sites is 1. The van der Waals surface area contributed by atoms with Gasteiger partial charge in [0.05, 0.1) is 29.5 Å². The summed E-state index contributed by atoms with van der Waals surface area (Å²) in [6, 6.07) is 12.9. The number of nitrogens with zero attached hydrogens (tertiary/aromatic N) is 2. The van der Waals surface area contributed by atoms with Crippen molar-refractivity contribution < 1.29 is 9.59 Å². The molecule has 1 fully saturated rings. The van der Waals surface area contributed by atoms with Gasteiger partial charge in [-0.3, -0.25) is 9.59 Å². The molecular weight excluding hydrogens is 350 g/mol. The van der Waals surface area contributed by atoms with Crippen molar-refractivity contribution in [3.8, 4) is 0 Å². The predicted molar refractivity (Wildman–Crippen MR) is 101 cm³/mol. The van der Waals surface area contributed by atoms with Crippen molar-refractivity contribution in [3.63, 3.8) is 0 Å². The van der Waals surface area contributed by atoms with Crippen molar-refractivity contribution in [1.29, 1.82) is 0 Å². The van der Waals surface area contributed by atoms with E-state index in [1.807, 2.05) is 24.3 Å². The molecule has 1 saturated carbocycles. The Morgan fingerprint density at radius 2 is 1.85 bits per heavy atom. The number of fused-ring (bicyclic) bond motifs is 1. The minimum atomic E-state index is -0.220. The van der Waals surface area contributed by atoms with E-state index in [9.17, 15) is 9.59 Å². The van der Waals surface area contributed by atoms with Gasteiger partial charge in [0.25, 0.3) is 5.91 Å². The van der Waals surface area contributed by atoms with Crippen LogP contribution in [0, 0.1) is 0 Å². The van der Waals surface area contributed by atoms with Gasteiger partial charge >= 0.3 is 0 Å². The minimum absolute atomic E-state index is 0.0433. The first-order valence-corrected chi connectivity index (χ1v) is 9.08. The Kier molecular flexibility index (Phi) is 4.49. The lowest BCUT2D eigenvalue weighted by atomic mass is 10.1. The van der Waals surface area contributed by atoms with Crippen LogP contribution >= 0.6 is 11.7 Å². The molecule has 0 atom stereocenters. The summed E-state index contributed by atoms with van der Waals surface area (Å²) in [5.41, 5.74) is 3.23. The molecule has 132 valence electrons. The smallest absolute Gasteiger partial charge is 0.253 e. The number of aromatic nitrogens is 2. The summed E-state index contributed by atoms with van der Waals surface area (Å²) < 4.78 is 8.36. The van der Waals surface area contributed by atoms with Gasteiger partial charge in [-0.15, -0.1) is 0 Å². The van der Waals surface area contributed by atoms with Crippen LogP contribution in [0.3, 0.4) is 0 Å². The maximum Gasteiger partial charge on any atom is 0.253 e. The third-order valence-electron chi connectivity index (χ3n) is 4.08. The molecule has 0 bridgehead atoms. The largest absolute Gasteiger partial charge is 0.376 e. The van der Waals surface area contributed by atoms with Crippen LogP contribution in [-0.4, -0.2) is 33.1 Å². The van der Waals surface area contributed by atoms with E-state index in [1.54, 1.807) is 18.2 Å². The number of carbonyl (C=O) groups is 2. The number of nitrogens with one attached hydrogen (secondary N) is 3. The van der Waals surface area contributed by atoms with E-state index < -0.39 is 0 Å². The second kappa shape index (κ2) is 7.09. The van der Waals surface area contributed by atoms with Crippen LogP contribution in [-0.2, 0) is 4.79 Å². The van der Waals surface area contributed by atoms with Crippen LogP contribution in [0.25, 0.3) is 11.0 Å². The zero-order valence-corrected chi connectivity index (χ0v) is 14.7. The summed E-state index contributed by atoms with van der Waals surface area (Å²) in [5.74, 6) is -0.336. The molecule has 3 N–H and O–H groups in total. The number of benzene rings is 2. The normalized spacial score (nSPS) is 13.4. The first-order valence-electron chi connectivity index (χ1n) is 8.35. The van der Waals surface area contributed by atoms with Crippen molar-refractivity contribution in [2.45, 2.75) is 18.9 Å². The number of hydrogen-bond acceptors (Lipinski definition) is 6. The van der Waals surface area contributed by atoms with Crippen molar-refractivity contribution in [1.82, 2.24) is 14.1 Å².